The molecule has 0 radical (unpaired) electrons. The first kappa shape index (κ1) is 14.0. The molecule has 0 N–H and O–H groups in total. The van der Waals surface area contributed by atoms with Gasteiger partial charge in [0.2, 0.25) is 5.82 Å². The van der Waals surface area contributed by atoms with Gasteiger partial charge in [0.05, 0.1) is 6.61 Å². The molecule has 0 amide bonds. The highest BCUT2D eigenvalue weighted by atomic mass is 16.5. The van der Waals surface area contributed by atoms with Gasteiger partial charge in [0.25, 0.3) is 0 Å². The van der Waals surface area contributed by atoms with Gasteiger partial charge in [-0.25, -0.2) is 4.79 Å². The normalized spacial score (nSPS) is 27.3. The summed E-state index contributed by atoms with van der Waals surface area (Å²) in [5.74, 6) is 2.13. The molecule has 5 nitrogen and oxygen atoms in total. The van der Waals surface area contributed by atoms with E-state index in [-0.39, 0.29) is 5.97 Å². The second-order valence-electron chi connectivity index (χ2n) is 5.73. The minimum absolute atomic E-state index is 0.313. The van der Waals surface area contributed by atoms with E-state index in [1.807, 2.05) is 11.5 Å². The van der Waals surface area contributed by atoms with E-state index in [1.165, 1.54) is 6.42 Å². The average Bonchev–Trinajstić information content (AvgIpc) is 2.70. The molecule has 2 unspecified atom stereocenters. The minimum Gasteiger partial charge on any atom is -0.460 e. The number of hydrogen-bond donors (Lipinski definition) is 0. The average molecular weight is 265 g/mol. The van der Waals surface area contributed by atoms with Crippen LogP contribution in [0.5, 0.6) is 0 Å². The van der Waals surface area contributed by atoms with Crippen molar-refractivity contribution in [1.82, 2.24) is 14.8 Å². The van der Waals surface area contributed by atoms with Gasteiger partial charge in [-0.05, 0) is 44.9 Å². The molecule has 1 heterocycles. The first-order valence-corrected chi connectivity index (χ1v) is 7.11. The summed E-state index contributed by atoms with van der Waals surface area (Å²) >= 11 is 0. The molecule has 0 aliphatic heterocycles. The Bertz CT molecular complexity index is 446. The van der Waals surface area contributed by atoms with E-state index >= 15 is 0 Å². The van der Waals surface area contributed by atoms with Crippen LogP contribution in [-0.2, 0) is 4.74 Å². The highest BCUT2D eigenvalue weighted by Gasteiger charge is 2.30. The van der Waals surface area contributed by atoms with Crippen LogP contribution < -0.4 is 0 Å². The molecule has 106 valence electrons. The highest BCUT2D eigenvalue weighted by Crippen LogP contribution is 2.36. The maximum Gasteiger partial charge on any atom is 0.376 e. The summed E-state index contributed by atoms with van der Waals surface area (Å²) < 4.78 is 7.04. The molecule has 1 aromatic heterocycles. The number of esters is 1. The van der Waals surface area contributed by atoms with Crippen molar-refractivity contribution in [2.45, 2.75) is 53.0 Å². The number of hydrogen-bond acceptors (Lipinski definition) is 4. The maximum absolute atomic E-state index is 11.9. The molecule has 1 aliphatic rings. The van der Waals surface area contributed by atoms with E-state index in [2.05, 4.69) is 24.0 Å². The Balaban J connectivity index is 2.28. The fraction of sp³-hybridized carbons (Fsp3) is 0.786. The van der Waals surface area contributed by atoms with Crippen LogP contribution in [0.3, 0.4) is 0 Å². The second kappa shape index (κ2) is 5.72. The SMILES string of the molecule is CCOC(=O)c1nnc(C)n1C1CC(C)CC(C)C1. The standard InChI is InChI=1S/C14H23N3O2/c1-5-19-14(18)13-16-15-11(4)17(13)12-7-9(2)6-10(3)8-12/h9-10,12H,5-8H2,1-4H3. The Hall–Kier alpha value is -1.39. The van der Waals surface area contributed by atoms with Gasteiger partial charge < -0.3 is 9.30 Å². The van der Waals surface area contributed by atoms with Crippen LogP contribution in [0.2, 0.25) is 0 Å². The van der Waals surface area contributed by atoms with Crippen LogP contribution in [0.25, 0.3) is 0 Å². The largest absolute Gasteiger partial charge is 0.460 e. The predicted octanol–water partition coefficient (Wildman–Crippen LogP) is 2.76. The lowest BCUT2D eigenvalue weighted by molar-refractivity contribution is 0.0498. The maximum atomic E-state index is 11.9. The van der Waals surface area contributed by atoms with Gasteiger partial charge in [0.1, 0.15) is 5.82 Å². The first-order valence-electron chi connectivity index (χ1n) is 7.11. The number of aromatic nitrogens is 3. The van der Waals surface area contributed by atoms with Crippen molar-refractivity contribution in [3.05, 3.63) is 11.6 Å². The minimum atomic E-state index is -0.367. The van der Waals surface area contributed by atoms with Crippen LogP contribution >= 0.6 is 0 Å². The van der Waals surface area contributed by atoms with Gasteiger partial charge >= 0.3 is 5.97 Å². The van der Waals surface area contributed by atoms with Crippen LogP contribution in [0.1, 0.15) is 62.5 Å². The quantitative estimate of drug-likeness (QED) is 0.788. The van der Waals surface area contributed by atoms with Crippen LogP contribution in [-0.4, -0.2) is 27.3 Å². The summed E-state index contributed by atoms with van der Waals surface area (Å²) in [6.07, 6.45) is 3.41. The fourth-order valence-corrected chi connectivity index (χ4v) is 3.26. The fourth-order valence-electron chi connectivity index (χ4n) is 3.26. The van der Waals surface area contributed by atoms with E-state index in [9.17, 15) is 4.79 Å². The van der Waals surface area contributed by atoms with E-state index in [4.69, 9.17) is 4.74 Å². The Labute approximate surface area is 114 Å². The van der Waals surface area contributed by atoms with Gasteiger partial charge in [-0.3, -0.25) is 0 Å². The number of nitrogens with zero attached hydrogens (tertiary/aromatic N) is 3. The zero-order valence-corrected chi connectivity index (χ0v) is 12.2. The molecule has 1 aromatic rings. The molecule has 0 bridgehead atoms. The number of ether oxygens (including phenoxy) is 1. The Morgan fingerprint density at radius 2 is 1.89 bits per heavy atom. The summed E-state index contributed by atoms with van der Waals surface area (Å²) in [6, 6.07) is 0.313. The number of carbonyl (C=O) groups is 1. The number of carbonyl (C=O) groups excluding carboxylic acids is 1. The number of aryl methyl sites for hydroxylation is 1. The summed E-state index contributed by atoms with van der Waals surface area (Å²) in [6.45, 7) is 8.61. The third kappa shape index (κ3) is 2.96. The lowest BCUT2D eigenvalue weighted by atomic mass is 9.80. The van der Waals surface area contributed by atoms with Crippen LogP contribution in [0, 0.1) is 18.8 Å². The molecule has 1 saturated carbocycles. The lowest BCUT2D eigenvalue weighted by Crippen LogP contribution is -2.26. The van der Waals surface area contributed by atoms with Crippen LogP contribution in [0.4, 0.5) is 0 Å². The zero-order valence-electron chi connectivity index (χ0n) is 12.2. The van der Waals surface area contributed by atoms with Gasteiger partial charge in [-0.15, -0.1) is 10.2 Å². The number of rotatable bonds is 3. The molecule has 2 rings (SSSR count). The van der Waals surface area contributed by atoms with Crippen molar-refractivity contribution < 1.29 is 9.53 Å². The second-order valence-corrected chi connectivity index (χ2v) is 5.73. The molecule has 5 heteroatoms. The van der Waals surface area contributed by atoms with E-state index in [0.29, 0.717) is 30.3 Å². The molecule has 1 aliphatic carbocycles. The van der Waals surface area contributed by atoms with Crippen molar-refractivity contribution in [2.24, 2.45) is 11.8 Å². The van der Waals surface area contributed by atoms with Gasteiger partial charge in [-0.1, -0.05) is 13.8 Å². The van der Waals surface area contributed by atoms with Crippen molar-refractivity contribution >= 4 is 5.97 Å². The molecule has 1 fully saturated rings. The van der Waals surface area contributed by atoms with Crippen LogP contribution in [0.15, 0.2) is 0 Å². The van der Waals surface area contributed by atoms with E-state index < -0.39 is 0 Å². The zero-order chi connectivity index (χ0) is 14.0. The van der Waals surface area contributed by atoms with Gasteiger partial charge in [0.15, 0.2) is 0 Å². The van der Waals surface area contributed by atoms with Crippen molar-refractivity contribution in [1.29, 1.82) is 0 Å². The van der Waals surface area contributed by atoms with Crippen molar-refractivity contribution in [3.63, 3.8) is 0 Å². The smallest absolute Gasteiger partial charge is 0.376 e. The molecular weight excluding hydrogens is 242 g/mol. The molecule has 0 spiro atoms. The van der Waals surface area contributed by atoms with Crippen molar-refractivity contribution in [3.8, 4) is 0 Å². The lowest BCUT2D eigenvalue weighted by Gasteiger charge is -2.33. The summed E-state index contributed by atoms with van der Waals surface area (Å²) in [7, 11) is 0. The Morgan fingerprint density at radius 3 is 2.47 bits per heavy atom. The molecule has 0 aromatic carbocycles. The highest BCUT2D eigenvalue weighted by molar-refractivity contribution is 5.85. The monoisotopic (exact) mass is 265 g/mol. The summed E-state index contributed by atoms with van der Waals surface area (Å²) in [5, 5.41) is 8.06. The van der Waals surface area contributed by atoms with E-state index in [1.54, 1.807) is 6.92 Å². The third-order valence-electron chi connectivity index (χ3n) is 3.84. The summed E-state index contributed by atoms with van der Waals surface area (Å²) in [5.41, 5.74) is 0. The van der Waals surface area contributed by atoms with Gasteiger partial charge in [-0.2, -0.15) is 0 Å². The molecule has 2 atom stereocenters. The predicted molar refractivity (Wildman–Crippen MR) is 71.9 cm³/mol. The Morgan fingerprint density at radius 1 is 1.26 bits per heavy atom. The molecule has 0 saturated heterocycles. The van der Waals surface area contributed by atoms with E-state index in [0.717, 1.165) is 18.7 Å². The molecule has 19 heavy (non-hydrogen) atoms. The van der Waals surface area contributed by atoms with Gasteiger partial charge in [0, 0.05) is 6.04 Å². The molecular formula is C14H23N3O2. The summed E-state index contributed by atoms with van der Waals surface area (Å²) in [4.78, 5) is 11.9. The Kier molecular flexibility index (Phi) is 4.22. The van der Waals surface area contributed by atoms with Crippen molar-refractivity contribution in [2.75, 3.05) is 6.61 Å². The first-order chi connectivity index (χ1) is 9.02. The third-order valence-corrected chi connectivity index (χ3v) is 3.84. The topological polar surface area (TPSA) is 57.0 Å².